The van der Waals surface area contributed by atoms with E-state index in [0.717, 1.165) is 0 Å². The molecule has 20 heavy (non-hydrogen) atoms. The van der Waals surface area contributed by atoms with Crippen molar-refractivity contribution in [3.05, 3.63) is 57.9 Å². The first kappa shape index (κ1) is 13.4. The molecule has 1 aromatic heterocycles. The Hall–Kier alpha value is -3.03. The van der Waals surface area contributed by atoms with Crippen LogP contribution >= 0.6 is 0 Å². The zero-order chi connectivity index (χ0) is 14.5. The van der Waals surface area contributed by atoms with Crippen LogP contribution in [0.25, 0.3) is 0 Å². The highest BCUT2D eigenvalue weighted by Crippen LogP contribution is 2.21. The number of rotatable bonds is 4. The molecule has 0 radical (unpaired) electrons. The maximum atomic E-state index is 12.0. The van der Waals surface area contributed by atoms with Gasteiger partial charge in [0.1, 0.15) is 5.56 Å². The summed E-state index contributed by atoms with van der Waals surface area (Å²) in [6, 6.07) is 7.20. The molecule has 1 aromatic carbocycles. The number of nitrogens with two attached hydrogens (primary N) is 1. The van der Waals surface area contributed by atoms with Crippen molar-refractivity contribution in [1.82, 2.24) is 15.5 Å². The zero-order valence-corrected chi connectivity index (χ0v) is 10.3. The molecule has 2 aromatic rings. The Morgan fingerprint density at radius 2 is 2.20 bits per heavy atom. The van der Waals surface area contributed by atoms with Gasteiger partial charge in [-0.1, -0.05) is 0 Å². The van der Waals surface area contributed by atoms with Gasteiger partial charge < -0.3 is 11.1 Å². The van der Waals surface area contributed by atoms with Crippen LogP contribution in [0.3, 0.4) is 0 Å². The highest BCUT2D eigenvalue weighted by molar-refractivity contribution is 5.98. The molecule has 3 N–H and O–H groups in total. The summed E-state index contributed by atoms with van der Waals surface area (Å²) in [6.07, 6.45) is 1.51. The molecular weight excluding hydrogens is 262 g/mol. The Morgan fingerprint density at radius 1 is 1.40 bits per heavy atom. The number of hydrogen-bond acceptors (Lipinski definition) is 6. The number of aromatic nitrogens is 2. The molecule has 0 saturated heterocycles. The lowest BCUT2D eigenvalue weighted by molar-refractivity contribution is -0.385. The third kappa shape index (κ3) is 3.05. The van der Waals surface area contributed by atoms with Crippen LogP contribution in [0.2, 0.25) is 0 Å². The Bertz CT molecular complexity index is 645. The topological polar surface area (TPSA) is 124 Å². The van der Waals surface area contributed by atoms with E-state index in [1.54, 1.807) is 12.1 Å². The second kappa shape index (κ2) is 5.74. The number of amides is 1. The minimum Gasteiger partial charge on any atom is -0.399 e. The third-order valence-corrected chi connectivity index (χ3v) is 2.52. The van der Waals surface area contributed by atoms with Gasteiger partial charge >= 0.3 is 0 Å². The Kier molecular flexibility index (Phi) is 3.85. The van der Waals surface area contributed by atoms with Crippen molar-refractivity contribution in [1.29, 1.82) is 0 Å². The monoisotopic (exact) mass is 273 g/mol. The van der Waals surface area contributed by atoms with Crippen molar-refractivity contribution in [2.24, 2.45) is 0 Å². The molecule has 102 valence electrons. The van der Waals surface area contributed by atoms with E-state index in [1.807, 2.05) is 0 Å². The van der Waals surface area contributed by atoms with Crippen LogP contribution in [0.1, 0.15) is 16.1 Å². The predicted octanol–water partition coefficient (Wildman–Crippen LogP) is 0.897. The molecule has 1 amide bonds. The fourth-order valence-corrected chi connectivity index (χ4v) is 1.59. The second-order valence-electron chi connectivity index (χ2n) is 3.93. The number of carbonyl (C=O) groups is 1. The van der Waals surface area contributed by atoms with Gasteiger partial charge in [0.05, 0.1) is 17.2 Å². The van der Waals surface area contributed by atoms with Crippen LogP contribution in [0.4, 0.5) is 11.4 Å². The van der Waals surface area contributed by atoms with Gasteiger partial charge in [-0.05, 0) is 24.3 Å². The number of nitrogens with one attached hydrogen (secondary N) is 1. The molecular formula is C12H11N5O3. The van der Waals surface area contributed by atoms with Crippen LogP contribution in [-0.4, -0.2) is 21.0 Å². The van der Waals surface area contributed by atoms with E-state index in [4.69, 9.17) is 5.73 Å². The number of nitrogens with zero attached hydrogens (tertiary/aromatic N) is 3. The Labute approximate surface area is 113 Å². The summed E-state index contributed by atoms with van der Waals surface area (Å²) in [5.41, 5.74) is 5.99. The largest absolute Gasteiger partial charge is 0.399 e. The molecule has 0 aliphatic heterocycles. The maximum Gasteiger partial charge on any atom is 0.282 e. The molecule has 0 aliphatic rings. The number of nitro groups is 1. The number of anilines is 1. The van der Waals surface area contributed by atoms with Gasteiger partial charge in [0, 0.05) is 18.0 Å². The summed E-state index contributed by atoms with van der Waals surface area (Å²) in [5, 5.41) is 20.9. The van der Waals surface area contributed by atoms with Crippen LogP contribution in [-0.2, 0) is 6.54 Å². The molecule has 0 bridgehead atoms. The smallest absolute Gasteiger partial charge is 0.282 e. The first-order valence-electron chi connectivity index (χ1n) is 5.66. The van der Waals surface area contributed by atoms with Crippen molar-refractivity contribution in [3.8, 4) is 0 Å². The minimum absolute atomic E-state index is 0.0844. The van der Waals surface area contributed by atoms with E-state index < -0.39 is 10.8 Å². The maximum absolute atomic E-state index is 12.0. The van der Waals surface area contributed by atoms with Crippen molar-refractivity contribution < 1.29 is 9.72 Å². The van der Waals surface area contributed by atoms with Gasteiger partial charge in [-0.3, -0.25) is 14.9 Å². The van der Waals surface area contributed by atoms with E-state index in [-0.39, 0.29) is 23.5 Å². The van der Waals surface area contributed by atoms with Crippen molar-refractivity contribution >= 4 is 17.3 Å². The molecule has 0 unspecified atom stereocenters. The van der Waals surface area contributed by atoms with Gasteiger partial charge in [-0.15, -0.1) is 0 Å². The van der Waals surface area contributed by atoms with E-state index >= 15 is 0 Å². The van der Waals surface area contributed by atoms with Gasteiger partial charge in [0.15, 0.2) is 0 Å². The zero-order valence-electron chi connectivity index (χ0n) is 10.3. The molecule has 0 aliphatic carbocycles. The number of benzene rings is 1. The fraction of sp³-hybridized carbons (Fsp3) is 0.0833. The lowest BCUT2D eigenvalue weighted by Crippen LogP contribution is -2.24. The van der Waals surface area contributed by atoms with Crippen LogP contribution in [0.15, 0.2) is 36.5 Å². The van der Waals surface area contributed by atoms with Gasteiger partial charge in [0.25, 0.3) is 11.6 Å². The Balaban J connectivity index is 2.17. The molecule has 2 rings (SSSR count). The average molecular weight is 273 g/mol. The van der Waals surface area contributed by atoms with Gasteiger partial charge in [-0.2, -0.15) is 10.2 Å². The van der Waals surface area contributed by atoms with E-state index in [9.17, 15) is 14.9 Å². The molecule has 0 saturated carbocycles. The first-order chi connectivity index (χ1) is 9.58. The summed E-state index contributed by atoms with van der Waals surface area (Å²) >= 11 is 0. The summed E-state index contributed by atoms with van der Waals surface area (Å²) in [4.78, 5) is 22.2. The van der Waals surface area contributed by atoms with Crippen LogP contribution in [0.5, 0.6) is 0 Å². The first-order valence-corrected chi connectivity index (χ1v) is 5.66. The lowest BCUT2D eigenvalue weighted by Gasteiger charge is -2.05. The quantitative estimate of drug-likeness (QED) is 0.484. The highest BCUT2D eigenvalue weighted by Gasteiger charge is 2.20. The van der Waals surface area contributed by atoms with Crippen LogP contribution < -0.4 is 11.1 Å². The van der Waals surface area contributed by atoms with E-state index in [1.165, 1.54) is 24.4 Å². The van der Waals surface area contributed by atoms with Gasteiger partial charge in [-0.25, -0.2) is 0 Å². The number of carbonyl (C=O) groups excluding carboxylic acids is 1. The fourth-order valence-electron chi connectivity index (χ4n) is 1.59. The predicted molar refractivity (Wildman–Crippen MR) is 70.7 cm³/mol. The molecule has 8 heteroatoms. The minimum atomic E-state index is -0.628. The molecule has 0 atom stereocenters. The van der Waals surface area contributed by atoms with Gasteiger partial charge in [0.2, 0.25) is 0 Å². The summed E-state index contributed by atoms with van der Waals surface area (Å²) < 4.78 is 0. The lowest BCUT2D eigenvalue weighted by atomic mass is 10.1. The van der Waals surface area contributed by atoms with Crippen LogP contribution in [0, 0.1) is 10.1 Å². The van der Waals surface area contributed by atoms with Crippen molar-refractivity contribution in [2.45, 2.75) is 6.54 Å². The molecule has 0 fully saturated rings. The third-order valence-electron chi connectivity index (χ3n) is 2.52. The summed E-state index contributed by atoms with van der Waals surface area (Å²) in [6.45, 7) is 0.124. The standard InChI is InChI=1S/C12H11N5O3/c13-8-3-4-11(17(19)20)10(6-8)12(18)14-7-9-2-1-5-15-16-9/h1-6H,7,13H2,(H,14,18). The number of nitro benzene ring substituents is 1. The summed E-state index contributed by atoms with van der Waals surface area (Å²) in [5.74, 6) is -0.588. The highest BCUT2D eigenvalue weighted by atomic mass is 16.6. The summed E-state index contributed by atoms with van der Waals surface area (Å²) in [7, 11) is 0. The normalized spacial score (nSPS) is 10.0. The SMILES string of the molecule is Nc1ccc([N+](=O)[O-])c(C(=O)NCc2cccnn2)c1. The molecule has 1 heterocycles. The average Bonchev–Trinajstić information content (AvgIpc) is 2.45. The number of hydrogen-bond donors (Lipinski definition) is 2. The second-order valence-corrected chi connectivity index (χ2v) is 3.93. The van der Waals surface area contributed by atoms with E-state index in [2.05, 4.69) is 15.5 Å². The molecule has 0 spiro atoms. The Morgan fingerprint density at radius 3 is 2.85 bits per heavy atom. The van der Waals surface area contributed by atoms with Crippen molar-refractivity contribution in [3.63, 3.8) is 0 Å². The van der Waals surface area contributed by atoms with Crippen molar-refractivity contribution in [2.75, 3.05) is 5.73 Å². The van der Waals surface area contributed by atoms with E-state index in [0.29, 0.717) is 5.69 Å². The number of nitrogen functional groups attached to an aromatic ring is 1. The molecule has 8 nitrogen and oxygen atoms in total.